The van der Waals surface area contributed by atoms with Gasteiger partial charge in [0.15, 0.2) is 0 Å². The van der Waals surface area contributed by atoms with Gasteiger partial charge in [0.25, 0.3) is 0 Å². The summed E-state index contributed by atoms with van der Waals surface area (Å²) in [6.07, 6.45) is 4.86. The first-order chi connectivity index (χ1) is 13.2. The Kier molecular flexibility index (Phi) is 4.93. The fourth-order valence-electron chi connectivity index (χ4n) is 3.97. The van der Waals surface area contributed by atoms with E-state index in [1.54, 1.807) is 0 Å². The Morgan fingerprint density at radius 2 is 1.67 bits per heavy atom. The molecule has 27 heavy (non-hydrogen) atoms. The van der Waals surface area contributed by atoms with Crippen LogP contribution < -0.4 is 4.90 Å². The third-order valence-corrected chi connectivity index (χ3v) is 5.59. The van der Waals surface area contributed by atoms with Gasteiger partial charge in [0, 0.05) is 35.8 Å². The van der Waals surface area contributed by atoms with Crippen LogP contribution >= 0.6 is 0 Å². The SMILES string of the molecule is Cc1cc(N2CCCCC2)c2ccc(-c3ccc(C(C)C=O)cc3)cc2n1. The average Bonchev–Trinajstić information content (AvgIpc) is 2.73. The van der Waals surface area contributed by atoms with Gasteiger partial charge < -0.3 is 9.69 Å². The zero-order chi connectivity index (χ0) is 18.8. The number of anilines is 1. The lowest BCUT2D eigenvalue weighted by molar-refractivity contribution is -0.108. The third kappa shape index (κ3) is 3.59. The lowest BCUT2D eigenvalue weighted by atomic mass is 9.97. The van der Waals surface area contributed by atoms with Crippen molar-refractivity contribution in [2.24, 2.45) is 0 Å². The van der Waals surface area contributed by atoms with Crippen molar-refractivity contribution < 1.29 is 4.79 Å². The number of hydrogen-bond acceptors (Lipinski definition) is 3. The molecule has 1 aromatic heterocycles. The molecule has 1 fully saturated rings. The highest BCUT2D eigenvalue weighted by Gasteiger charge is 2.15. The van der Waals surface area contributed by atoms with Crippen LogP contribution in [-0.2, 0) is 4.79 Å². The Hall–Kier alpha value is -2.68. The highest BCUT2D eigenvalue weighted by Crippen LogP contribution is 2.32. The molecular weight excluding hydrogens is 332 g/mol. The van der Waals surface area contributed by atoms with Crippen LogP contribution in [0.1, 0.15) is 43.4 Å². The summed E-state index contributed by atoms with van der Waals surface area (Å²) in [7, 11) is 0. The first kappa shape index (κ1) is 17.7. The van der Waals surface area contributed by atoms with Crippen LogP contribution in [0.15, 0.2) is 48.5 Å². The van der Waals surface area contributed by atoms with Crippen LogP contribution in [0.2, 0.25) is 0 Å². The van der Waals surface area contributed by atoms with Crippen LogP contribution in [0, 0.1) is 6.92 Å². The van der Waals surface area contributed by atoms with Gasteiger partial charge in [-0.15, -0.1) is 0 Å². The standard InChI is InChI=1S/C24H26N2O/c1-17(16-27)19-6-8-20(9-7-19)21-10-11-22-23(15-21)25-18(2)14-24(22)26-12-4-3-5-13-26/h6-11,14-17H,3-5,12-13H2,1-2H3. The van der Waals surface area contributed by atoms with Crippen LogP contribution in [-0.4, -0.2) is 24.4 Å². The fourth-order valence-corrected chi connectivity index (χ4v) is 3.97. The predicted octanol–water partition coefficient (Wildman–Crippen LogP) is 5.50. The Balaban J connectivity index is 1.73. The first-order valence-electron chi connectivity index (χ1n) is 9.88. The molecule has 0 N–H and O–H groups in total. The second-order valence-corrected chi connectivity index (χ2v) is 7.61. The van der Waals surface area contributed by atoms with Crippen molar-refractivity contribution in [3.05, 3.63) is 59.8 Å². The molecule has 0 aliphatic carbocycles. The number of carbonyl (C=O) groups excluding carboxylic acids is 1. The normalized spacial score (nSPS) is 15.7. The van der Waals surface area contributed by atoms with Crippen molar-refractivity contribution in [2.45, 2.75) is 39.0 Å². The molecule has 0 saturated carbocycles. The van der Waals surface area contributed by atoms with Crippen LogP contribution in [0.25, 0.3) is 22.0 Å². The van der Waals surface area contributed by atoms with E-state index < -0.39 is 0 Å². The van der Waals surface area contributed by atoms with Crippen molar-refractivity contribution in [1.82, 2.24) is 4.98 Å². The average molecular weight is 358 g/mol. The molecule has 0 radical (unpaired) electrons. The van der Waals surface area contributed by atoms with Crippen molar-refractivity contribution in [1.29, 1.82) is 0 Å². The highest BCUT2D eigenvalue weighted by molar-refractivity contribution is 5.94. The number of aryl methyl sites for hydroxylation is 1. The summed E-state index contributed by atoms with van der Waals surface area (Å²) in [4.78, 5) is 18.3. The number of benzene rings is 2. The third-order valence-electron chi connectivity index (χ3n) is 5.59. The first-order valence-corrected chi connectivity index (χ1v) is 9.88. The maximum absolute atomic E-state index is 11.0. The second-order valence-electron chi connectivity index (χ2n) is 7.61. The summed E-state index contributed by atoms with van der Waals surface area (Å²) in [6, 6.07) is 17.1. The van der Waals surface area contributed by atoms with Gasteiger partial charge >= 0.3 is 0 Å². The molecule has 1 atom stereocenters. The molecule has 0 bridgehead atoms. The van der Waals surface area contributed by atoms with Gasteiger partial charge in [0.2, 0.25) is 0 Å². The van der Waals surface area contributed by atoms with E-state index in [0.717, 1.165) is 47.3 Å². The van der Waals surface area contributed by atoms with Crippen LogP contribution in [0.4, 0.5) is 5.69 Å². The number of aldehydes is 1. The number of carbonyl (C=O) groups is 1. The zero-order valence-electron chi connectivity index (χ0n) is 16.1. The number of rotatable bonds is 4. The molecule has 1 aliphatic heterocycles. The minimum Gasteiger partial charge on any atom is -0.371 e. The summed E-state index contributed by atoms with van der Waals surface area (Å²) in [6.45, 7) is 6.27. The summed E-state index contributed by atoms with van der Waals surface area (Å²) in [5, 5.41) is 1.23. The number of hydrogen-bond donors (Lipinski definition) is 0. The van der Waals surface area contributed by atoms with Crippen LogP contribution in [0.3, 0.4) is 0 Å². The molecule has 3 nitrogen and oxygen atoms in total. The number of pyridine rings is 1. The van der Waals surface area contributed by atoms with E-state index in [1.807, 2.05) is 19.1 Å². The number of fused-ring (bicyclic) bond motifs is 1. The second kappa shape index (κ2) is 7.51. The maximum atomic E-state index is 11.0. The molecule has 3 aromatic rings. The van der Waals surface area contributed by atoms with Gasteiger partial charge in [-0.05, 0) is 55.0 Å². The summed E-state index contributed by atoms with van der Waals surface area (Å²) < 4.78 is 0. The lowest BCUT2D eigenvalue weighted by Gasteiger charge is -2.30. The van der Waals surface area contributed by atoms with Gasteiger partial charge in [-0.25, -0.2) is 0 Å². The monoisotopic (exact) mass is 358 g/mol. The largest absolute Gasteiger partial charge is 0.371 e. The summed E-state index contributed by atoms with van der Waals surface area (Å²) >= 11 is 0. The summed E-state index contributed by atoms with van der Waals surface area (Å²) in [5.74, 6) is -0.0629. The van der Waals surface area contributed by atoms with E-state index in [1.165, 1.54) is 30.3 Å². The molecule has 0 amide bonds. The number of nitrogens with zero attached hydrogens (tertiary/aromatic N) is 2. The Morgan fingerprint density at radius 1 is 0.963 bits per heavy atom. The van der Waals surface area contributed by atoms with Crippen molar-refractivity contribution in [3.8, 4) is 11.1 Å². The predicted molar refractivity (Wildman–Crippen MR) is 112 cm³/mol. The molecular formula is C24H26N2O. The Labute approximate surface area is 161 Å². The van der Waals surface area contributed by atoms with E-state index in [9.17, 15) is 4.79 Å². The highest BCUT2D eigenvalue weighted by atomic mass is 16.1. The molecule has 1 unspecified atom stereocenters. The van der Waals surface area contributed by atoms with Crippen molar-refractivity contribution in [3.63, 3.8) is 0 Å². The maximum Gasteiger partial charge on any atom is 0.127 e. The molecule has 138 valence electrons. The lowest BCUT2D eigenvalue weighted by Crippen LogP contribution is -2.29. The molecule has 1 saturated heterocycles. The van der Waals surface area contributed by atoms with Gasteiger partial charge in [-0.1, -0.05) is 43.3 Å². The molecule has 2 aromatic carbocycles. The minimum atomic E-state index is -0.0629. The Bertz CT molecular complexity index is 956. The molecule has 4 rings (SSSR count). The quantitative estimate of drug-likeness (QED) is 0.577. The van der Waals surface area contributed by atoms with Crippen molar-refractivity contribution >= 4 is 22.9 Å². The number of piperidine rings is 1. The molecule has 2 heterocycles. The summed E-state index contributed by atoms with van der Waals surface area (Å²) in [5.41, 5.74) is 6.81. The van der Waals surface area contributed by atoms with Crippen molar-refractivity contribution in [2.75, 3.05) is 18.0 Å². The molecule has 3 heteroatoms. The smallest absolute Gasteiger partial charge is 0.127 e. The van der Waals surface area contributed by atoms with E-state index in [4.69, 9.17) is 4.98 Å². The van der Waals surface area contributed by atoms with Gasteiger partial charge in [0.05, 0.1) is 5.52 Å². The van der Waals surface area contributed by atoms with Gasteiger partial charge in [0.1, 0.15) is 6.29 Å². The van der Waals surface area contributed by atoms with Gasteiger partial charge in [-0.2, -0.15) is 0 Å². The fraction of sp³-hybridized carbons (Fsp3) is 0.333. The molecule has 0 spiro atoms. The topological polar surface area (TPSA) is 33.2 Å². The van der Waals surface area contributed by atoms with Crippen LogP contribution in [0.5, 0.6) is 0 Å². The zero-order valence-corrected chi connectivity index (χ0v) is 16.1. The minimum absolute atomic E-state index is 0.0629. The molecule has 1 aliphatic rings. The van der Waals surface area contributed by atoms with Gasteiger partial charge in [-0.3, -0.25) is 4.98 Å². The van der Waals surface area contributed by atoms with E-state index in [-0.39, 0.29) is 5.92 Å². The van der Waals surface area contributed by atoms with E-state index >= 15 is 0 Å². The Morgan fingerprint density at radius 3 is 2.37 bits per heavy atom. The number of aromatic nitrogens is 1. The van der Waals surface area contributed by atoms with E-state index in [2.05, 4.69) is 48.2 Å². The van der Waals surface area contributed by atoms with E-state index in [0.29, 0.717) is 0 Å².